The second kappa shape index (κ2) is 9.32. The monoisotopic (exact) mass is 402 g/mol. The van der Waals surface area contributed by atoms with Gasteiger partial charge >= 0.3 is 0 Å². The maximum Gasteiger partial charge on any atom is 0.278 e. The number of carbonyl (C=O) groups is 1. The smallest absolute Gasteiger partial charge is 0.278 e. The summed E-state index contributed by atoms with van der Waals surface area (Å²) in [4.78, 5) is 13.9. The van der Waals surface area contributed by atoms with Crippen molar-refractivity contribution < 1.29 is 18.1 Å². The molecule has 0 radical (unpaired) electrons. The molecule has 3 rings (SSSR count). The topological polar surface area (TPSA) is 70.9 Å². The Hall–Kier alpha value is -2.22. The number of hydrogen-bond donors (Lipinski definition) is 2. The number of nitrogens with zero attached hydrogens (tertiary/aromatic N) is 1. The first-order chi connectivity index (χ1) is 13.5. The fraction of sp³-hybridized carbons (Fsp3) is 0.381. The Kier molecular flexibility index (Phi) is 6.83. The average molecular weight is 403 g/mol. The molecule has 7 heteroatoms. The molecule has 1 heterocycles. The number of carbonyl (C=O) groups excluding carboxylic acids is 1. The van der Waals surface area contributed by atoms with Crippen molar-refractivity contribution in [3.05, 3.63) is 66.2 Å². The molecule has 1 aliphatic rings. The Morgan fingerprint density at radius 3 is 2.21 bits per heavy atom. The van der Waals surface area contributed by atoms with Crippen molar-refractivity contribution in [1.29, 1.82) is 0 Å². The molecule has 1 amide bonds. The predicted octanol–water partition coefficient (Wildman–Crippen LogP) is 0.323. The largest absolute Gasteiger partial charge is 0.351 e. The van der Waals surface area contributed by atoms with Crippen LogP contribution >= 0.6 is 0 Å². The van der Waals surface area contributed by atoms with Gasteiger partial charge in [-0.2, -0.15) is 4.31 Å². The van der Waals surface area contributed by atoms with Gasteiger partial charge in [0.05, 0.1) is 31.1 Å². The summed E-state index contributed by atoms with van der Waals surface area (Å²) in [6.45, 7) is 4.62. The molecule has 0 aromatic heterocycles. The molecule has 0 saturated carbocycles. The van der Waals surface area contributed by atoms with E-state index in [1.807, 2.05) is 37.3 Å². The third kappa shape index (κ3) is 4.98. The van der Waals surface area contributed by atoms with E-state index in [4.69, 9.17) is 0 Å². The number of quaternary nitrogens is 1. The van der Waals surface area contributed by atoms with E-state index in [1.165, 1.54) is 9.87 Å². The van der Waals surface area contributed by atoms with Crippen LogP contribution in [0.3, 0.4) is 0 Å². The van der Waals surface area contributed by atoms with Crippen molar-refractivity contribution in [2.75, 3.05) is 32.7 Å². The van der Waals surface area contributed by atoms with Crippen LogP contribution in [-0.4, -0.2) is 57.4 Å². The minimum atomic E-state index is -3.46. The number of nitrogens with one attached hydrogen (secondary N) is 2. The summed E-state index contributed by atoms with van der Waals surface area (Å²) < 4.78 is 26.9. The predicted molar refractivity (Wildman–Crippen MR) is 109 cm³/mol. The lowest BCUT2D eigenvalue weighted by Gasteiger charge is -2.34. The summed E-state index contributed by atoms with van der Waals surface area (Å²) in [6.07, 6.45) is 0.803. The first kappa shape index (κ1) is 20.5. The number of benzene rings is 2. The van der Waals surface area contributed by atoms with Crippen LogP contribution in [0.1, 0.15) is 12.5 Å². The highest BCUT2D eigenvalue weighted by Crippen LogP contribution is 2.14. The highest BCUT2D eigenvalue weighted by atomic mass is 32.2. The molecule has 0 bridgehead atoms. The first-order valence-electron chi connectivity index (χ1n) is 9.70. The molecule has 1 fully saturated rings. The Morgan fingerprint density at radius 2 is 1.61 bits per heavy atom. The molecule has 1 atom stereocenters. The highest BCUT2D eigenvalue weighted by Gasteiger charge is 2.34. The van der Waals surface area contributed by atoms with Crippen LogP contribution in [-0.2, 0) is 21.2 Å². The molecule has 2 aromatic carbocycles. The van der Waals surface area contributed by atoms with Gasteiger partial charge in [-0.15, -0.1) is 0 Å². The molecule has 28 heavy (non-hydrogen) atoms. The number of rotatable bonds is 7. The first-order valence-corrected chi connectivity index (χ1v) is 11.1. The SMILES string of the molecule is C[C@@H](C(=O)NCCc1ccccc1)[NH+]1CCN(S(=O)(=O)c2ccccc2)CC1. The van der Waals surface area contributed by atoms with E-state index < -0.39 is 10.0 Å². The molecule has 150 valence electrons. The summed E-state index contributed by atoms with van der Waals surface area (Å²) in [6, 6.07) is 18.4. The van der Waals surface area contributed by atoms with Crippen molar-refractivity contribution in [2.45, 2.75) is 24.3 Å². The third-order valence-corrected chi connectivity index (χ3v) is 7.22. The molecule has 2 N–H and O–H groups in total. The summed E-state index contributed by atoms with van der Waals surface area (Å²) in [5, 5.41) is 3.00. The summed E-state index contributed by atoms with van der Waals surface area (Å²) in [5.74, 6) is 0.0188. The summed E-state index contributed by atoms with van der Waals surface area (Å²) in [5.41, 5.74) is 1.20. The summed E-state index contributed by atoms with van der Waals surface area (Å²) in [7, 11) is -3.46. The van der Waals surface area contributed by atoms with E-state index >= 15 is 0 Å². The second-order valence-electron chi connectivity index (χ2n) is 7.12. The zero-order valence-electron chi connectivity index (χ0n) is 16.2. The highest BCUT2D eigenvalue weighted by molar-refractivity contribution is 7.89. The van der Waals surface area contributed by atoms with E-state index in [0.717, 1.165) is 11.3 Å². The van der Waals surface area contributed by atoms with E-state index in [1.54, 1.807) is 30.3 Å². The summed E-state index contributed by atoms with van der Waals surface area (Å²) >= 11 is 0. The molecule has 0 spiro atoms. The zero-order chi connectivity index (χ0) is 20.0. The van der Waals surface area contributed by atoms with E-state index in [-0.39, 0.29) is 11.9 Å². The minimum Gasteiger partial charge on any atom is -0.351 e. The number of hydrogen-bond acceptors (Lipinski definition) is 3. The molecule has 0 unspecified atom stereocenters. The van der Waals surface area contributed by atoms with Crippen molar-refractivity contribution >= 4 is 15.9 Å². The van der Waals surface area contributed by atoms with Gasteiger partial charge in [0.15, 0.2) is 6.04 Å². The van der Waals surface area contributed by atoms with Crippen LogP contribution in [0.4, 0.5) is 0 Å². The fourth-order valence-corrected chi connectivity index (χ4v) is 4.96. The lowest BCUT2D eigenvalue weighted by molar-refractivity contribution is -0.917. The van der Waals surface area contributed by atoms with Crippen molar-refractivity contribution in [3.63, 3.8) is 0 Å². The molecule has 0 aliphatic carbocycles. The van der Waals surface area contributed by atoms with Gasteiger partial charge in [0, 0.05) is 6.54 Å². The Bertz CT molecular complexity index is 864. The van der Waals surface area contributed by atoms with E-state index in [0.29, 0.717) is 37.6 Å². The lowest BCUT2D eigenvalue weighted by Crippen LogP contribution is -3.19. The maximum absolute atomic E-state index is 12.7. The van der Waals surface area contributed by atoms with Gasteiger partial charge in [-0.3, -0.25) is 4.79 Å². The van der Waals surface area contributed by atoms with Gasteiger partial charge in [-0.1, -0.05) is 48.5 Å². The van der Waals surface area contributed by atoms with Crippen molar-refractivity contribution in [2.24, 2.45) is 0 Å². The van der Waals surface area contributed by atoms with Crippen LogP contribution in [0.25, 0.3) is 0 Å². The van der Waals surface area contributed by atoms with Crippen LogP contribution in [0.2, 0.25) is 0 Å². The maximum atomic E-state index is 12.7. The molecular weight excluding hydrogens is 374 g/mol. The van der Waals surface area contributed by atoms with Gasteiger partial charge in [0.1, 0.15) is 0 Å². The molecule has 2 aromatic rings. The van der Waals surface area contributed by atoms with Gasteiger partial charge in [-0.05, 0) is 31.0 Å². The van der Waals surface area contributed by atoms with Crippen molar-refractivity contribution in [1.82, 2.24) is 9.62 Å². The standard InChI is InChI=1S/C21H27N3O3S/c1-18(21(25)22-13-12-19-8-4-2-5-9-19)23-14-16-24(17-15-23)28(26,27)20-10-6-3-7-11-20/h2-11,18H,12-17H2,1H3,(H,22,25)/p+1/t18-/m0/s1. The fourth-order valence-electron chi connectivity index (χ4n) is 3.50. The number of piperazine rings is 1. The quantitative estimate of drug-likeness (QED) is 0.701. The Morgan fingerprint density at radius 1 is 1.04 bits per heavy atom. The van der Waals surface area contributed by atoms with Crippen LogP contribution in [0.5, 0.6) is 0 Å². The Labute approximate surface area is 167 Å². The minimum absolute atomic E-state index is 0.0188. The van der Waals surface area contributed by atoms with Crippen LogP contribution in [0, 0.1) is 0 Å². The van der Waals surface area contributed by atoms with Gasteiger partial charge < -0.3 is 10.2 Å². The molecule has 1 saturated heterocycles. The second-order valence-corrected chi connectivity index (χ2v) is 9.06. The van der Waals surface area contributed by atoms with Crippen molar-refractivity contribution in [3.8, 4) is 0 Å². The zero-order valence-corrected chi connectivity index (χ0v) is 17.0. The normalized spacial score (nSPS) is 17.2. The lowest BCUT2D eigenvalue weighted by atomic mass is 10.1. The Balaban J connectivity index is 1.48. The van der Waals surface area contributed by atoms with Gasteiger partial charge in [-0.25, -0.2) is 8.42 Å². The molecule has 6 nitrogen and oxygen atoms in total. The van der Waals surface area contributed by atoms with Crippen LogP contribution < -0.4 is 10.2 Å². The van der Waals surface area contributed by atoms with E-state index in [2.05, 4.69) is 5.32 Å². The molecule has 1 aliphatic heterocycles. The van der Waals surface area contributed by atoms with Gasteiger partial charge in [0.2, 0.25) is 10.0 Å². The average Bonchev–Trinajstić information content (AvgIpc) is 2.74. The molecular formula is C21H28N3O3S+. The third-order valence-electron chi connectivity index (χ3n) is 5.31. The van der Waals surface area contributed by atoms with Crippen LogP contribution in [0.15, 0.2) is 65.6 Å². The number of sulfonamides is 1. The number of amides is 1. The van der Waals surface area contributed by atoms with Gasteiger partial charge in [0.25, 0.3) is 5.91 Å². The van der Waals surface area contributed by atoms with E-state index in [9.17, 15) is 13.2 Å².